The molecule has 0 saturated heterocycles. The predicted molar refractivity (Wildman–Crippen MR) is 82.7 cm³/mol. The number of hydrogen-bond donors (Lipinski definition) is 2. The van der Waals surface area contributed by atoms with E-state index in [2.05, 4.69) is 20.8 Å². The molecule has 2 saturated carbocycles. The van der Waals surface area contributed by atoms with Crippen molar-refractivity contribution >= 4 is 0 Å². The van der Waals surface area contributed by atoms with Crippen molar-refractivity contribution in [1.29, 1.82) is 0 Å². The Labute approximate surface area is 119 Å². The Hall–Kier alpha value is -0.0800. The van der Waals surface area contributed by atoms with Crippen LogP contribution in [0.1, 0.15) is 65.7 Å². The van der Waals surface area contributed by atoms with Gasteiger partial charge in [0.1, 0.15) is 0 Å². The molecule has 0 spiro atoms. The van der Waals surface area contributed by atoms with Crippen molar-refractivity contribution in [3.63, 3.8) is 0 Å². The summed E-state index contributed by atoms with van der Waals surface area (Å²) in [5, 5.41) is 0. The zero-order valence-electron chi connectivity index (χ0n) is 13.1. The van der Waals surface area contributed by atoms with Crippen LogP contribution in [0, 0.1) is 29.6 Å². The van der Waals surface area contributed by atoms with Gasteiger partial charge in [-0.05, 0) is 68.1 Å². The smallest absolute Gasteiger partial charge is 0.00647 e. The molecule has 112 valence electrons. The summed E-state index contributed by atoms with van der Waals surface area (Å²) in [6.45, 7) is 7.09. The Balaban J connectivity index is 1.96. The van der Waals surface area contributed by atoms with Crippen LogP contribution in [0.2, 0.25) is 0 Å². The molecule has 2 aliphatic rings. The van der Waals surface area contributed by atoms with E-state index >= 15 is 0 Å². The van der Waals surface area contributed by atoms with E-state index in [-0.39, 0.29) is 0 Å². The summed E-state index contributed by atoms with van der Waals surface area (Å²) < 4.78 is 0. The van der Waals surface area contributed by atoms with Gasteiger partial charge in [0.25, 0.3) is 0 Å². The zero-order valence-corrected chi connectivity index (χ0v) is 13.1. The second-order valence-corrected chi connectivity index (χ2v) is 7.50. The maximum Gasteiger partial charge on any atom is 0.00647 e. The van der Waals surface area contributed by atoms with Crippen LogP contribution in [0.5, 0.6) is 0 Å². The van der Waals surface area contributed by atoms with Crippen LogP contribution in [0.3, 0.4) is 0 Å². The Bertz CT molecular complexity index is 252. The summed E-state index contributed by atoms with van der Waals surface area (Å²) in [6.07, 6.45) is 9.27. The van der Waals surface area contributed by atoms with E-state index in [1.807, 2.05) is 0 Å². The third kappa shape index (κ3) is 3.52. The molecule has 0 aromatic carbocycles. The monoisotopic (exact) mass is 266 g/mol. The molecule has 0 amide bonds. The molecule has 0 bridgehead atoms. The van der Waals surface area contributed by atoms with Crippen molar-refractivity contribution in [2.45, 2.75) is 77.8 Å². The topological polar surface area (TPSA) is 52.0 Å². The Kier molecular flexibility index (Phi) is 5.30. The molecule has 2 heteroatoms. The summed E-state index contributed by atoms with van der Waals surface area (Å²) in [5.74, 6) is 4.20. The van der Waals surface area contributed by atoms with Crippen LogP contribution >= 0.6 is 0 Å². The molecule has 0 aromatic rings. The van der Waals surface area contributed by atoms with Gasteiger partial charge >= 0.3 is 0 Å². The Morgan fingerprint density at radius 1 is 0.842 bits per heavy atom. The van der Waals surface area contributed by atoms with Gasteiger partial charge in [-0.2, -0.15) is 0 Å². The van der Waals surface area contributed by atoms with Crippen molar-refractivity contribution in [2.24, 2.45) is 41.1 Å². The van der Waals surface area contributed by atoms with Crippen molar-refractivity contribution in [3.8, 4) is 0 Å². The largest absolute Gasteiger partial charge is 0.327 e. The lowest BCUT2D eigenvalue weighted by atomic mass is 9.64. The zero-order chi connectivity index (χ0) is 14.0. The van der Waals surface area contributed by atoms with Crippen LogP contribution in [0.25, 0.3) is 0 Å². The van der Waals surface area contributed by atoms with Crippen LogP contribution in [-0.4, -0.2) is 12.1 Å². The molecule has 0 aromatic heterocycles. The van der Waals surface area contributed by atoms with Crippen molar-refractivity contribution < 1.29 is 0 Å². The van der Waals surface area contributed by atoms with Crippen molar-refractivity contribution in [3.05, 3.63) is 0 Å². The highest BCUT2D eigenvalue weighted by Gasteiger charge is 2.36. The lowest BCUT2D eigenvalue weighted by molar-refractivity contribution is 0.0921. The van der Waals surface area contributed by atoms with E-state index in [1.165, 1.54) is 44.9 Å². The number of hydrogen-bond acceptors (Lipinski definition) is 2. The fourth-order valence-electron chi connectivity index (χ4n) is 4.75. The summed E-state index contributed by atoms with van der Waals surface area (Å²) >= 11 is 0. The first-order valence-corrected chi connectivity index (χ1v) is 8.54. The summed E-state index contributed by atoms with van der Waals surface area (Å²) in [7, 11) is 0. The van der Waals surface area contributed by atoms with E-state index in [1.54, 1.807) is 0 Å². The standard InChI is InChI=1S/C17H34N2/c1-4-15(13-5-7-16(18)11(2)9-13)14-6-8-17(19)12(3)10-14/h11-17H,4-10,18-19H2,1-3H3. The van der Waals surface area contributed by atoms with Crippen LogP contribution < -0.4 is 11.5 Å². The maximum atomic E-state index is 6.18. The van der Waals surface area contributed by atoms with E-state index in [4.69, 9.17) is 11.5 Å². The molecular weight excluding hydrogens is 232 g/mol. The highest BCUT2D eigenvalue weighted by atomic mass is 14.7. The van der Waals surface area contributed by atoms with Gasteiger partial charge < -0.3 is 11.5 Å². The van der Waals surface area contributed by atoms with Crippen molar-refractivity contribution in [2.75, 3.05) is 0 Å². The number of nitrogens with two attached hydrogens (primary N) is 2. The molecule has 2 rings (SSSR count). The molecule has 2 aliphatic carbocycles. The van der Waals surface area contributed by atoms with E-state index < -0.39 is 0 Å². The van der Waals surface area contributed by atoms with Crippen molar-refractivity contribution in [1.82, 2.24) is 0 Å². The van der Waals surface area contributed by atoms with E-state index in [0.29, 0.717) is 12.1 Å². The molecule has 4 N–H and O–H groups in total. The van der Waals surface area contributed by atoms with Gasteiger partial charge in [0.05, 0.1) is 0 Å². The lowest BCUT2D eigenvalue weighted by Gasteiger charge is -2.43. The average molecular weight is 266 g/mol. The third-order valence-electron chi connectivity index (χ3n) is 6.23. The first-order chi connectivity index (χ1) is 9.02. The first-order valence-electron chi connectivity index (χ1n) is 8.54. The molecular formula is C17H34N2. The maximum absolute atomic E-state index is 6.18. The minimum Gasteiger partial charge on any atom is -0.327 e. The van der Waals surface area contributed by atoms with Gasteiger partial charge in [-0.1, -0.05) is 27.2 Å². The minimum absolute atomic E-state index is 0.451. The quantitative estimate of drug-likeness (QED) is 0.821. The first kappa shape index (κ1) is 15.3. The van der Waals surface area contributed by atoms with Gasteiger partial charge in [-0.25, -0.2) is 0 Å². The highest BCUT2D eigenvalue weighted by molar-refractivity contribution is 4.89. The Morgan fingerprint density at radius 2 is 1.26 bits per heavy atom. The molecule has 0 radical (unpaired) electrons. The second-order valence-electron chi connectivity index (χ2n) is 7.50. The predicted octanol–water partition coefficient (Wildman–Crippen LogP) is 3.54. The summed E-state index contributed by atoms with van der Waals surface area (Å²) in [5.41, 5.74) is 12.4. The Morgan fingerprint density at radius 3 is 1.58 bits per heavy atom. The van der Waals surface area contributed by atoms with Gasteiger partial charge in [0.2, 0.25) is 0 Å². The molecule has 6 unspecified atom stereocenters. The van der Waals surface area contributed by atoms with Gasteiger partial charge in [-0.15, -0.1) is 0 Å². The number of rotatable bonds is 3. The summed E-state index contributed by atoms with van der Waals surface area (Å²) in [4.78, 5) is 0. The van der Waals surface area contributed by atoms with Gasteiger partial charge in [0, 0.05) is 12.1 Å². The van der Waals surface area contributed by atoms with Crippen LogP contribution in [0.4, 0.5) is 0 Å². The molecule has 6 atom stereocenters. The van der Waals surface area contributed by atoms with Gasteiger partial charge in [-0.3, -0.25) is 0 Å². The third-order valence-corrected chi connectivity index (χ3v) is 6.23. The lowest BCUT2D eigenvalue weighted by Crippen LogP contribution is -2.41. The fourth-order valence-corrected chi connectivity index (χ4v) is 4.75. The average Bonchev–Trinajstić information content (AvgIpc) is 2.39. The van der Waals surface area contributed by atoms with Crippen LogP contribution in [-0.2, 0) is 0 Å². The van der Waals surface area contributed by atoms with E-state index in [0.717, 1.165) is 29.6 Å². The fraction of sp³-hybridized carbons (Fsp3) is 1.00. The highest BCUT2D eigenvalue weighted by Crippen LogP contribution is 2.43. The van der Waals surface area contributed by atoms with E-state index in [9.17, 15) is 0 Å². The molecule has 0 heterocycles. The second kappa shape index (κ2) is 6.58. The van der Waals surface area contributed by atoms with Gasteiger partial charge in [0.15, 0.2) is 0 Å². The summed E-state index contributed by atoms with van der Waals surface area (Å²) in [6, 6.07) is 0.903. The molecule has 19 heavy (non-hydrogen) atoms. The molecule has 2 fully saturated rings. The minimum atomic E-state index is 0.451. The van der Waals surface area contributed by atoms with Crippen LogP contribution in [0.15, 0.2) is 0 Å². The molecule has 2 nitrogen and oxygen atoms in total. The molecule has 0 aliphatic heterocycles. The SMILES string of the molecule is CCC(C1CCC(N)C(C)C1)C1CCC(N)C(C)C1. The normalized spacial score (nSPS) is 45.9.